The van der Waals surface area contributed by atoms with Crippen LogP contribution in [0.3, 0.4) is 0 Å². The first-order chi connectivity index (χ1) is 5.40. The maximum Gasteiger partial charge on any atom is 0.330 e. The first-order valence-corrected chi connectivity index (χ1v) is 3.80. The quantitative estimate of drug-likeness (QED) is 0.503. The Morgan fingerprint density at radius 3 is 2.33 bits per heavy atom. The lowest BCUT2D eigenvalue weighted by Gasteiger charge is -2.22. The second kappa shape index (κ2) is 4.91. The van der Waals surface area contributed by atoms with Crippen molar-refractivity contribution in [2.24, 2.45) is 0 Å². The molecule has 0 aromatic carbocycles. The molecule has 0 heterocycles. The predicted octanol–water partition coefficient (Wildman–Crippen LogP) is 1.14. The molecule has 0 fully saturated rings. The monoisotopic (exact) mass is 209 g/mol. The van der Waals surface area contributed by atoms with Crippen LogP contribution in [-0.4, -0.2) is 26.1 Å². The van der Waals surface area contributed by atoms with Crippen molar-refractivity contribution in [2.75, 3.05) is 13.7 Å². The highest BCUT2D eigenvalue weighted by Gasteiger charge is 2.41. The third-order valence-corrected chi connectivity index (χ3v) is 1.47. The lowest BCUT2D eigenvalue weighted by Crippen LogP contribution is -2.32. The van der Waals surface area contributed by atoms with Gasteiger partial charge in [0.2, 0.25) is 0 Å². The average molecular weight is 209 g/mol. The smallest absolute Gasteiger partial charge is 0.330 e. The molecule has 8 heteroatoms. The summed E-state index contributed by atoms with van der Waals surface area (Å²) in [7, 11) is -1.79. The number of rotatable bonds is 5. The van der Waals surface area contributed by atoms with E-state index in [1.54, 1.807) is 0 Å². The molecule has 0 saturated carbocycles. The molecule has 0 aromatic heterocycles. The molecule has 0 saturated heterocycles. The van der Waals surface area contributed by atoms with E-state index in [0.29, 0.717) is 0 Å². The van der Waals surface area contributed by atoms with E-state index in [4.69, 9.17) is 0 Å². The molecule has 0 spiro atoms. The Kier molecular flexibility index (Phi) is 4.92. The predicted molar refractivity (Wildman–Crippen MR) is 30.8 cm³/mol. The second-order valence-corrected chi connectivity index (χ2v) is 2.81. The first kappa shape index (κ1) is 12.0. The van der Waals surface area contributed by atoms with E-state index in [1.165, 1.54) is 0 Å². The largest absolute Gasteiger partial charge is 0.786 e. The third kappa shape index (κ3) is 4.15. The number of alkyl halides is 4. The van der Waals surface area contributed by atoms with Gasteiger partial charge in [0.05, 0.1) is 8.60 Å². The van der Waals surface area contributed by atoms with E-state index >= 15 is 0 Å². The zero-order valence-corrected chi connectivity index (χ0v) is 6.86. The Bertz CT molecular complexity index is 133. The van der Waals surface area contributed by atoms with Crippen molar-refractivity contribution in [2.45, 2.75) is 12.3 Å². The molecule has 12 heavy (non-hydrogen) atoms. The Labute approximate surface area is 67.3 Å². The van der Waals surface area contributed by atoms with Gasteiger partial charge < -0.3 is 13.9 Å². The molecule has 0 aromatic rings. The molecule has 0 radical (unpaired) electrons. The fourth-order valence-electron chi connectivity index (χ4n) is 0.254. The number of hydrogen-bond donors (Lipinski definition) is 0. The summed E-state index contributed by atoms with van der Waals surface area (Å²) in [4.78, 5) is 10.2. The van der Waals surface area contributed by atoms with Crippen molar-refractivity contribution in [3.8, 4) is 0 Å². The maximum atomic E-state index is 12.0. The van der Waals surface area contributed by atoms with Gasteiger partial charge in [-0.1, -0.05) is 0 Å². The van der Waals surface area contributed by atoms with Crippen LogP contribution in [0.5, 0.6) is 0 Å². The minimum Gasteiger partial charge on any atom is -0.786 e. The van der Waals surface area contributed by atoms with Gasteiger partial charge in [0.1, 0.15) is 6.61 Å². The van der Waals surface area contributed by atoms with E-state index in [9.17, 15) is 22.5 Å². The van der Waals surface area contributed by atoms with Crippen molar-refractivity contribution in [3.63, 3.8) is 0 Å². The van der Waals surface area contributed by atoms with Crippen LogP contribution >= 0.6 is 8.60 Å². The SMILES string of the molecule is COP([O-])OCC(F)(F)C(F)F. The van der Waals surface area contributed by atoms with Gasteiger partial charge >= 0.3 is 12.3 Å². The number of halogens is 4. The fraction of sp³-hybridized carbons (Fsp3) is 1.00. The fourth-order valence-corrected chi connectivity index (χ4v) is 0.637. The molecule has 0 rings (SSSR count). The lowest BCUT2D eigenvalue weighted by molar-refractivity contribution is -0.215. The van der Waals surface area contributed by atoms with Crippen LogP contribution < -0.4 is 4.89 Å². The minimum atomic E-state index is -4.29. The normalized spacial score (nSPS) is 15.2. The van der Waals surface area contributed by atoms with Crippen LogP contribution in [0.25, 0.3) is 0 Å². The Morgan fingerprint density at radius 2 is 2.00 bits per heavy atom. The first-order valence-electron chi connectivity index (χ1n) is 2.70. The molecular weight excluding hydrogens is 203 g/mol. The van der Waals surface area contributed by atoms with E-state index in [0.717, 1.165) is 7.11 Å². The van der Waals surface area contributed by atoms with E-state index in [-0.39, 0.29) is 0 Å². The maximum absolute atomic E-state index is 12.0. The molecule has 1 unspecified atom stereocenters. The Balaban J connectivity index is 3.75. The van der Waals surface area contributed by atoms with E-state index in [2.05, 4.69) is 9.05 Å². The van der Waals surface area contributed by atoms with Crippen molar-refractivity contribution in [3.05, 3.63) is 0 Å². The summed E-state index contributed by atoms with van der Waals surface area (Å²) < 4.78 is 54.5. The summed E-state index contributed by atoms with van der Waals surface area (Å²) >= 11 is 0. The summed E-state index contributed by atoms with van der Waals surface area (Å²) in [6.45, 7) is -1.62. The second-order valence-electron chi connectivity index (χ2n) is 1.74. The third-order valence-electron chi connectivity index (χ3n) is 0.831. The van der Waals surface area contributed by atoms with E-state index in [1.807, 2.05) is 0 Å². The summed E-state index contributed by atoms with van der Waals surface area (Å²) in [5.41, 5.74) is 0. The summed E-state index contributed by atoms with van der Waals surface area (Å²) in [5, 5.41) is 0. The van der Waals surface area contributed by atoms with Crippen molar-refractivity contribution >= 4 is 8.60 Å². The van der Waals surface area contributed by atoms with Gasteiger partial charge in [0, 0.05) is 7.11 Å². The topological polar surface area (TPSA) is 41.5 Å². The zero-order chi connectivity index (χ0) is 9.78. The molecule has 74 valence electrons. The minimum absolute atomic E-state index is 0.944. The highest BCUT2D eigenvalue weighted by atomic mass is 31.2. The Morgan fingerprint density at radius 1 is 1.50 bits per heavy atom. The highest BCUT2D eigenvalue weighted by molar-refractivity contribution is 7.38. The Hall–Kier alpha value is 0.0300. The van der Waals surface area contributed by atoms with Crippen LogP contribution in [-0.2, 0) is 9.05 Å². The molecule has 0 aliphatic carbocycles. The van der Waals surface area contributed by atoms with Crippen LogP contribution in [0.1, 0.15) is 0 Å². The molecule has 1 atom stereocenters. The molecular formula is C4H6F4O3P-. The lowest BCUT2D eigenvalue weighted by atomic mass is 10.4. The molecule has 3 nitrogen and oxygen atoms in total. The van der Waals surface area contributed by atoms with Crippen molar-refractivity contribution < 1.29 is 31.5 Å². The summed E-state index contributed by atoms with van der Waals surface area (Å²) in [6, 6.07) is 0. The van der Waals surface area contributed by atoms with Crippen LogP contribution in [0.4, 0.5) is 17.6 Å². The zero-order valence-electron chi connectivity index (χ0n) is 5.97. The molecule has 0 aliphatic heterocycles. The van der Waals surface area contributed by atoms with Crippen LogP contribution in [0.15, 0.2) is 0 Å². The molecule has 0 amide bonds. The van der Waals surface area contributed by atoms with Crippen LogP contribution in [0.2, 0.25) is 0 Å². The van der Waals surface area contributed by atoms with E-state index < -0.39 is 27.6 Å². The van der Waals surface area contributed by atoms with Crippen molar-refractivity contribution in [1.82, 2.24) is 0 Å². The highest BCUT2D eigenvalue weighted by Crippen LogP contribution is 2.31. The van der Waals surface area contributed by atoms with Gasteiger partial charge in [0.25, 0.3) is 0 Å². The standard InChI is InChI=1S/C4H6F4O3P/c1-10-12(9)11-2-4(7,8)3(5)6/h3H,2H2,1H3/q-1. The van der Waals surface area contributed by atoms with Crippen LogP contribution in [0, 0.1) is 0 Å². The van der Waals surface area contributed by atoms with Crippen molar-refractivity contribution in [1.29, 1.82) is 0 Å². The van der Waals surface area contributed by atoms with Gasteiger partial charge in [-0.3, -0.25) is 0 Å². The molecule has 0 aliphatic rings. The number of hydrogen-bond acceptors (Lipinski definition) is 3. The van der Waals surface area contributed by atoms with Gasteiger partial charge in [-0.25, -0.2) is 8.78 Å². The van der Waals surface area contributed by atoms with Gasteiger partial charge in [0.15, 0.2) is 0 Å². The van der Waals surface area contributed by atoms with Gasteiger partial charge in [-0.05, 0) is 0 Å². The summed E-state index contributed by atoms with van der Waals surface area (Å²) in [5.74, 6) is -4.29. The summed E-state index contributed by atoms with van der Waals surface area (Å²) in [6.07, 6.45) is -3.84. The molecule has 0 N–H and O–H groups in total. The average Bonchev–Trinajstić information content (AvgIpc) is 2.00. The van der Waals surface area contributed by atoms with Gasteiger partial charge in [-0.2, -0.15) is 8.78 Å². The molecule has 0 bridgehead atoms. The van der Waals surface area contributed by atoms with Gasteiger partial charge in [-0.15, -0.1) is 0 Å².